The van der Waals surface area contributed by atoms with Crippen LogP contribution in [0.2, 0.25) is 5.02 Å². The molecule has 1 aliphatic rings. The first kappa shape index (κ1) is 16.8. The molecule has 1 aromatic carbocycles. The molecule has 0 aromatic heterocycles. The van der Waals surface area contributed by atoms with E-state index in [1.54, 1.807) is 12.1 Å². The van der Waals surface area contributed by atoms with E-state index in [2.05, 4.69) is 33.5 Å². The van der Waals surface area contributed by atoms with Crippen molar-refractivity contribution >= 4 is 45.8 Å². The molecule has 0 saturated carbocycles. The van der Waals surface area contributed by atoms with Crippen LogP contribution >= 0.6 is 39.9 Å². The van der Waals surface area contributed by atoms with E-state index in [4.69, 9.17) is 11.6 Å². The third-order valence-corrected chi connectivity index (χ3v) is 3.95. The van der Waals surface area contributed by atoms with Crippen LogP contribution in [0, 0.1) is 0 Å². The standard InChI is InChI=1S/C13H16BrClN2O.ClH/c1-8-6-10(4-5-16-8)17-13(18)11-7-9(14)2-3-12(11)15;/h2-3,7-8,10,16H,4-6H2,1H3,(H,17,18);1H. The highest BCUT2D eigenvalue weighted by molar-refractivity contribution is 9.10. The predicted octanol–water partition coefficient (Wildman–Crippen LogP) is 3.39. The summed E-state index contributed by atoms with van der Waals surface area (Å²) in [6.45, 7) is 3.07. The average Bonchev–Trinajstić information content (AvgIpc) is 2.32. The fourth-order valence-electron chi connectivity index (χ4n) is 2.20. The second kappa shape index (κ2) is 7.48. The second-order valence-electron chi connectivity index (χ2n) is 4.67. The zero-order chi connectivity index (χ0) is 13.1. The monoisotopic (exact) mass is 366 g/mol. The summed E-state index contributed by atoms with van der Waals surface area (Å²) in [4.78, 5) is 12.2. The Bertz CT molecular complexity index is 456. The smallest absolute Gasteiger partial charge is 0.253 e. The summed E-state index contributed by atoms with van der Waals surface area (Å²) in [7, 11) is 0. The summed E-state index contributed by atoms with van der Waals surface area (Å²) in [6.07, 6.45) is 1.92. The maximum atomic E-state index is 12.2. The highest BCUT2D eigenvalue weighted by atomic mass is 79.9. The van der Waals surface area contributed by atoms with Crippen molar-refractivity contribution < 1.29 is 4.79 Å². The van der Waals surface area contributed by atoms with Gasteiger partial charge in [-0.3, -0.25) is 4.79 Å². The molecular formula is C13H17BrCl2N2O. The van der Waals surface area contributed by atoms with Crippen molar-refractivity contribution in [3.8, 4) is 0 Å². The molecule has 0 aliphatic carbocycles. The summed E-state index contributed by atoms with van der Waals surface area (Å²) >= 11 is 9.39. The number of carbonyl (C=O) groups excluding carboxylic acids is 1. The Kier molecular flexibility index (Phi) is 6.60. The maximum Gasteiger partial charge on any atom is 0.253 e. The van der Waals surface area contributed by atoms with Gasteiger partial charge in [0, 0.05) is 16.6 Å². The number of rotatable bonds is 2. The molecule has 1 heterocycles. The van der Waals surface area contributed by atoms with Gasteiger partial charge in [-0.1, -0.05) is 27.5 Å². The molecule has 19 heavy (non-hydrogen) atoms. The number of carbonyl (C=O) groups is 1. The molecule has 3 nitrogen and oxygen atoms in total. The van der Waals surface area contributed by atoms with Gasteiger partial charge < -0.3 is 10.6 Å². The van der Waals surface area contributed by atoms with Crippen molar-refractivity contribution in [3.05, 3.63) is 33.3 Å². The van der Waals surface area contributed by atoms with E-state index < -0.39 is 0 Å². The van der Waals surface area contributed by atoms with E-state index in [0.717, 1.165) is 23.9 Å². The predicted molar refractivity (Wildman–Crippen MR) is 84.4 cm³/mol. The van der Waals surface area contributed by atoms with Crippen LogP contribution in [-0.4, -0.2) is 24.5 Å². The van der Waals surface area contributed by atoms with Crippen LogP contribution in [0.3, 0.4) is 0 Å². The Labute approximate surface area is 133 Å². The molecule has 1 saturated heterocycles. The quantitative estimate of drug-likeness (QED) is 0.841. The lowest BCUT2D eigenvalue weighted by molar-refractivity contribution is 0.0926. The highest BCUT2D eigenvalue weighted by Crippen LogP contribution is 2.21. The van der Waals surface area contributed by atoms with E-state index in [1.165, 1.54) is 0 Å². The Morgan fingerprint density at radius 3 is 2.95 bits per heavy atom. The number of nitrogens with one attached hydrogen (secondary N) is 2. The minimum absolute atomic E-state index is 0. The summed E-state index contributed by atoms with van der Waals surface area (Å²) < 4.78 is 0.857. The molecule has 0 spiro atoms. The molecule has 0 radical (unpaired) electrons. The first-order valence-corrected chi connectivity index (χ1v) is 7.22. The van der Waals surface area contributed by atoms with Gasteiger partial charge in [-0.15, -0.1) is 12.4 Å². The molecule has 2 atom stereocenters. The van der Waals surface area contributed by atoms with Crippen LogP contribution in [0.15, 0.2) is 22.7 Å². The number of amides is 1. The van der Waals surface area contributed by atoms with E-state index >= 15 is 0 Å². The number of benzene rings is 1. The normalized spacial score (nSPS) is 22.5. The van der Waals surface area contributed by atoms with Crippen molar-refractivity contribution in [2.45, 2.75) is 31.8 Å². The minimum atomic E-state index is -0.0969. The summed E-state index contributed by atoms with van der Waals surface area (Å²) in [5.41, 5.74) is 0.525. The van der Waals surface area contributed by atoms with Crippen molar-refractivity contribution in [3.63, 3.8) is 0 Å². The highest BCUT2D eigenvalue weighted by Gasteiger charge is 2.21. The molecule has 106 valence electrons. The Balaban J connectivity index is 0.00000180. The number of piperidine rings is 1. The molecule has 0 bridgehead atoms. The van der Waals surface area contributed by atoms with E-state index in [0.29, 0.717) is 16.6 Å². The van der Waals surface area contributed by atoms with Gasteiger partial charge in [-0.2, -0.15) is 0 Å². The van der Waals surface area contributed by atoms with E-state index in [-0.39, 0.29) is 24.4 Å². The zero-order valence-corrected chi connectivity index (χ0v) is 13.7. The van der Waals surface area contributed by atoms with Gasteiger partial charge in [0.1, 0.15) is 0 Å². The van der Waals surface area contributed by atoms with Crippen molar-refractivity contribution in [1.82, 2.24) is 10.6 Å². The van der Waals surface area contributed by atoms with Crippen LogP contribution < -0.4 is 10.6 Å². The average molecular weight is 368 g/mol. The summed E-state index contributed by atoms with van der Waals surface area (Å²) in [6, 6.07) is 5.98. The molecule has 1 fully saturated rings. The fourth-order valence-corrected chi connectivity index (χ4v) is 2.76. The van der Waals surface area contributed by atoms with Crippen LogP contribution in [0.5, 0.6) is 0 Å². The lowest BCUT2D eigenvalue weighted by atomic mass is 10.0. The lowest BCUT2D eigenvalue weighted by Gasteiger charge is -2.28. The fraction of sp³-hybridized carbons (Fsp3) is 0.462. The molecule has 1 aromatic rings. The first-order chi connectivity index (χ1) is 8.56. The molecule has 1 amide bonds. The lowest BCUT2D eigenvalue weighted by Crippen LogP contribution is -2.46. The van der Waals surface area contributed by atoms with Crippen LogP contribution in [0.1, 0.15) is 30.1 Å². The van der Waals surface area contributed by atoms with Gasteiger partial charge in [0.25, 0.3) is 5.91 Å². The first-order valence-electron chi connectivity index (χ1n) is 6.05. The topological polar surface area (TPSA) is 41.1 Å². The van der Waals surface area contributed by atoms with Gasteiger partial charge in [0.2, 0.25) is 0 Å². The van der Waals surface area contributed by atoms with Crippen LogP contribution in [0.25, 0.3) is 0 Å². The summed E-state index contributed by atoms with van der Waals surface area (Å²) in [5.74, 6) is -0.0969. The summed E-state index contributed by atoms with van der Waals surface area (Å²) in [5, 5.41) is 6.89. The molecule has 2 unspecified atom stereocenters. The molecule has 2 N–H and O–H groups in total. The Morgan fingerprint density at radius 2 is 2.26 bits per heavy atom. The number of hydrogen-bond acceptors (Lipinski definition) is 2. The minimum Gasteiger partial charge on any atom is -0.349 e. The third kappa shape index (κ3) is 4.63. The van der Waals surface area contributed by atoms with Crippen LogP contribution in [0.4, 0.5) is 0 Å². The van der Waals surface area contributed by atoms with Gasteiger partial charge in [0.15, 0.2) is 0 Å². The van der Waals surface area contributed by atoms with Crippen molar-refractivity contribution in [2.75, 3.05) is 6.54 Å². The Hall–Kier alpha value is -0.290. The second-order valence-corrected chi connectivity index (χ2v) is 6.00. The number of halogens is 3. The van der Waals surface area contributed by atoms with Gasteiger partial charge in [-0.05, 0) is 44.5 Å². The van der Waals surface area contributed by atoms with E-state index in [1.807, 2.05) is 6.07 Å². The van der Waals surface area contributed by atoms with E-state index in [9.17, 15) is 4.79 Å². The van der Waals surface area contributed by atoms with Crippen molar-refractivity contribution in [2.24, 2.45) is 0 Å². The van der Waals surface area contributed by atoms with Gasteiger partial charge >= 0.3 is 0 Å². The number of hydrogen-bond donors (Lipinski definition) is 2. The molecule has 2 rings (SSSR count). The largest absolute Gasteiger partial charge is 0.349 e. The zero-order valence-electron chi connectivity index (χ0n) is 10.6. The molecule has 1 aliphatic heterocycles. The van der Waals surface area contributed by atoms with Gasteiger partial charge in [0.05, 0.1) is 10.6 Å². The maximum absolute atomic E-state index is 12.2. The van der Waals surface area contributed by atoms with Crippen LogP contribution in [-0.2, 0) is 0 Å². The van der Waals surface area contributed by atoms with Crippen molar-refractivity contribution in [1.29, 1.82) is 0 Å². The molecular weight excluding hydrogens is 351 g/mol. The molecule has 6 heteroatoms. The van der Waals surface area contributed by atoms with Gasteiger partial charge in [-0.25, -0.2) is 0 Å². The SMILES string of the molecule is CC1CC(NC(=O)c2cc(Br)ccc2Cl)CCN1.Cl. The Morgan fingerprint density at radius 1 is 1.53 bits per heavy atom. The third-order valence-electron chi connectivity index (χ3n) is 3.13.